The third kappa shape index (κ3) is 20.1. The molecule has 1 aromatic heterocycles. The Bertz CT molecular complexity index is 1250. The maximum absolute atomic E-state index is 12.6. The van der Waals surface area contributed by atoms with Gasteiger partial charge in [0.25, 0.3) is 0 Å². The summed E-state index contributed by atoms with van der Waals surface area (Å²) in [5.74, 6) is -0.547. The van der Waals surface area contributed by atoms with Crippen LogP contribution in [0.15, 0.2) is 28.9 Å². The number of nitrogens with one attached hydrogen (secondary N) is 1. The van der Waals surface area contributed by atoms with Crippen LogP contribution in [-0.4, -0.2) is 78.6 Å². The fourth-order valence-corrected chi connectivity index (χ4v) is 5.52. The minimum Gasteiger partial charge on any atom is -1.00 e. The van der Waals surface area contributed by atoms with E-state index in [0.717, 1.165) is 38.5 Å². The molecule has 13 heteroatoms. The molecular formula is C36H60ClN5O7. The molecule has 1 unspecified atom stereocenters. The zero-order valence-electron chi connectivity index (χ0n) is 30.3. The topological polar surface area (TPSA) is 147 Å². The number of nitrogens with zero attached hydrogens (tertiary/aromatic N) is 4. The average Bonchev–Trinajstić information content (AvgIpc) is 3.53. The number of halogens is 1. The molecular weight excluding hydrogens is 650 g/mol. The zero-order valence-corrected chi connectivity index (χ0v) is 31.0. The third-order valence-corrected chi connectivity index (χ3v) is 8.09. The first kappa shape index (κ1) is 43.8. The number of likely N-dealkylation sites (N-methyl/N-ethyl adjacent to an activating group) is 1. The summed E-state index contributed by atoms with van der Waals surface area (Å²) in [4.78, 5) is 35.6. The second-order valence-electron chi connectivity index (χ2n) is 13.7. The molecule has 49 heavy (non-hydrogen) atoms. The van der Waals surface area contributed by atoms with E-state index in [9.17, 15) is 19.7 Å². The number of ether oxygens (including phenoxy) is 2. The lowest BCUT2D eigenvalue weighted by Gasteiger charge is -2.28. The summed E-state index contributed by atoms with van der Waals surface area (Å²) in [6.45, 7) is 3.45. The third-order valence-electron chi connectivity index (χ3n) is 8.09. The largest absolute Gasteiger partial charge is 1.00 e. The molecule has 1 N–H and O–H groups in total. The fourth-order valence-electron chi connectivity index (χ4n) is 5.52. The van der Waals surface area contributed by atoms with Gasteiger partial charge in [-0.25, -0.2) is 4.63 Å². The number of nitro groups is 1. The molecule has 1 atom stereocenters. The summed E-state index contributed by atoms with van der Waals surface area (Å²) in [5, 5.41) is 21.8. The number of unbranched alkanes of at least 4 members (excludes halogenated alkanes) is 13. The van der Waals surface area contributed by atoms with Gasteiger partial charge >= 0.3 is 17.6 Å². The molecule has 0 saturated carbocycles. The molecule has 0 amide bonds. The van der Waals surface area contributed by atoms with Gasteiger partial charge in [0.05, 0.1) is 31.8 Å². The monoisotopic (exact) mass is 709 g/mol. The van der Waals surface area contributed by atoms with Crippen molar-refractivity contribution in [3.05, 3.63) is 34.4 Å². The maximum Gasteiger partial charge on any atom is 0.306 e. The van der Waals surface area contributed by atoms with Crippen LogP contribution in [0.1, 0.15) is 122 Å². The van der Waals surface area contributed by atoms with E-state index in [1.165, 1.54) is 63.9 Å². The van der Waals surface area contributed by atoms with Crippen LogP contribution in [-0.2, 0) is 19.1 Å². The molecule has 2 rings (SSSR count). The summed E-state index contributed by atoms with van der Waals surface area (Å²) in [7, 11) is 6.03. The molecule has 0 radical (unpaired) electrons. The summed E-state index contributed by atoms with van der Waals surface area (Å²) in [6.07, 6.45) is 22.7. The van der Waals surface area contributed by atoms with Crippen molar-refractivity contribution in [1.82, 2.24) is 10.3 Å². The Kier molecular flexibility index (Phi) is 22.9. The number of benzene rings is 1. The average molecular weight is 710 g/mol. The van der Waals surface area contributed by atoms with Crippen LogP contribution >= 0.6 is 0 Å². The van der Waals surface area contributed by atoms with Crippen molar-refractivity contribution in [3.8, 4) is 0 Å². The van der Waals surface area contributed by atoms with Crippen LogP contribution in [0.25, 0.3) is 11.0 Å². The van der Waals surface area contributed by atoms with Crippen molar-refractivity contribution in [2.45, 2.75) is 129 Å². The van der Waals surface area contributed by atoms with Crippen molar-refractivity contribution in [3.63, 3.8) is 0 Å². The number of hydrogen-bond donors (Lipinski definition) is 1. The Morgan fingerprint density at radius 2 is 1.43 bits per heavy atom. The first-order chi connectivity index (χ1) is 23.1. The molecule has 12 nitrogen and oxygen atoms in total. The summed E-state index contributed by atoms with van der Waals surface area (Å²) >= 11 is 0. The van der Waals surface area contributed by atoms with E-state index >= 15 is 0 Å². The number of anilines is 1. The van der Waals surface area contributed by atoms with E-state index in [4.69, 9.17) is 9.47 Å². The highest BCUT2D eigenvalue weighted by molar-refractivity contribution is 5.93. The normalized spacial score (nSPS) is 12.2. The molecule has 1 heterocycles. The Balaban J connectivity index is 0.0000120. The van der Waals surface area contributed by atoms with Gasteiger partial charge in [0.2, 0.25) is 5.52 Å². The van der Waals surface area contributed by atoms with E-state index in [-0.39, 0.29) is 48.6 Å². The summed E-state index contributed by atoms with van der Waals surface area (Å²) < 4.78 is 16.5. The second kappa shape index (κ2) is 25.7. The van der Waals surface area contributed by atoms with Gasteiger partial charge in [0.15, 0.2) is 11.6 Å². The number of non-ortho nitro benzene ring substituents is 1. The molecule has 1 aromatic carbocycles. The van der Waals surface area contributed by atoms with Crippen molar-refractivity contribution in [1.29, 1.82) is 0 Å². The Labute approximate surface area is 298 Å². The molecule has 0 aliphatic heterocycles. The number of nitro benzene ring substituents is 1. The minimum absolute atomic E-state index is 0. The van der Waals surface area contributed by atoms with Gasteiger partial charge in [-0.1, -0.05) is 76.9 Å². The van der Waals surface area contributed by atoms with E-state index in [0.29, 0.717) is 41.6 Å². The van der Waals surface area contributed by atoms with E-state index in [1.54, 1.807) is 6.07 Å². The second-order valence-corrected chi connectivity index (χ2v) is 13.7. The number of allylic oxidation sites excluding steroid dienone is 2. The van der Waals surface area contributed by atoms with Gasteiger partial charge in [-0.05, 0) is 61.3 Å². The van der Waals surface area contributed by atoms with Gasteiger partial charge in [-0.15, -0.1) is 0 Å². The number of carbonyl (C=O) groups excluding carboxylic acids is 2. The SMILES string of the molecule is CCCCCCCC/C=C/CCCCCCCC(=O)OCC(C[N+](C)(C)C)OC(=O)CCCCCNc1ccc([N+](=O)[O-])c2nonc12.[Cl-]. The predicted octanol–water partition coefficient (Wildman–Crippen LogP) is 5.31. The van der Waals surface area contributed by atoms with E-state index < -0.39 is 11.0 Å². The number of carbonyl (C=O) groups is 2. The highest BCUT2D eigenvalue weighted by Crippen LogP contribution is 2.28. The molecule has 0 saturated heterocycles. The van der Waals surface area contributed by atoms with Crippen LogP contribution in [0.3, 0.4) is 0 Å². The fraction of sp³-hybridized carbons (Fsp3) is 0.722. The van der Waals surface area contributed by atoms with Gasteiger partial charge < -0.3 is 31.7 Å². The molecule has 0 spiro atoms. The Morgan fingerprint density at radius 3 is 2.06 bits per heavy atom. The maximum atomic E-state index is 12.6. The lowest BCUT2D eigenvalue weighted by Crippen LogP contribution is -3.00. The smallest absolute Gasteiger partial charge is 0.306 e. The minimum atomic E-state index is -0.523. The number of esters is 2. The quantitative estimate of drug-likeness (QED) is 0.0308. The number of aromatic nitrogens is 2. The van der Waals surface area contributed by atoms with Gasteiger partial charge in [0.1, 0.15) is 13.2 Å². The van der Waals surface area contributed by atoms with Crippen LogP contribution in [0.2, 0.25) is 0 Å². The van der Waals surface area contributed by atoms with Crippen molar-refractivity contribution < 1.29 is 45.5 Å². The number of hydrogen-bond acceptors (Lipinski definition) is 10. The van der Waals surface area contributed by atoms with E-state index in [2.05, 4.69) is 39.3 Å². The van der Waals surface area contributed by atoms with Crippen molar-refractivity contribution in [2.75, 3.05) is 46.2 Å². The van der Waals surface area contributed by atoms with Crippen LogP contribution in [0, 0.1) is 10.1 Å². The van der Waals surface area contributed by atoms with Crippen LogP contribution in [0.4, 0.5) is 11.4 Å². The number of quaternary nitrogens is 1. The standard InChI is InChI=1S/C36H60N5O7.ClH/c1-5-6-7-8-9-10-11-12-13-14-15-16-17-18-20-23-33(42)46-29-30(28-41(2,3)4)47-34(43)24-21-19-22-27-37-31-25-26-32(40(44)45)36-35(31)38-48-39-36;/h12-13,25-26,30,37H,5-11,14-24,27-29H2,1-4H3;1H/q+1;/p-1/b13-12+;. The van der Waals surface area contributed by atoms with Crippen LogP contribution < -0.4 is 17.7 Å². The lowest BCUT2D eigenvalue weighted by atomic mass is 10.1. The van der Waals surface area contributed by atoms with E-state index in [1.807, 2.05) is 21.1 Å². The summed E-state index contributed by atoms with van der Waals surface area (Å²) in [6, 6.07) is 2.95. The van der Waals surface area contributed by atoms with Crippen molar-refractivity contribution in [2.24, 2.45) is 0 Å². The first-order valence-corrected chi connectivity index (χ1v) is 18.0. The Morgan fingerprint density at radius 1 is 0.857 bits per heavy atom. The number of fused-ring (bicyclic) bond motifs is 1. The number of rotatable bonds is 28. The van der Waals surface area contributed by atoms with Crippen molar-refractivity contribution >= 4 is 34.3 Å². The predicted molar refractivity (Wildman–Crippen MR) is 189 cm³/mol. The van der Waals surface area contributed by atoms with Gasteiger partial charge in [0, 0.05) is 25.5 Å². The highest BCUT2D eigenvalue weighted by atomic mass is 35.5. The molecule has 0 aliphatic rings. The highest BCUT2D eigenvalue weighted by Gasteiger charge is 2.24. The first-order valence-electron chi connectivity index (χ1n) is 18.0. The zero-order chi connectivity index (χ0) is 35.0. The summed E-state index contributed by atoms with van der Waals surface area (Å²) in [5.41, 5.74) is 0.854. The van der Waals surface area contributed by atoms with Gasteiger partial charge in [-0.2, -0.15) is 0 Å². The molecule has 0 fully saturated rings. The molecule has 278 valence electrons. The molecule has 0 bridgehead atoms. The lowest BCUT2D eigenvalue weighted by molar-refractivity contribution is -0.873. The Hall–Kier alpha value is -3.25. The van der Waals surface area contributed by atoms with Gasteiger partial charge in [-0.3, -0.25) is 19.7 Å². The van der Waals surface area contributed by atoms with Crippen LogP contribution in [0.5, 0.6) is 0 Å². The molecule has 2 aromatic rings. The molecule has 0 aliphatic carbocycles.